The van der Waals surface area contributed by atoms with Gasteiger partial charge in [0.2, 0.25) is 0 Å². The normalized spacial score (nSPS) is 15.3. The van der Waals surface area contributed by atoms with Gasteiger partial charge in [0.1, 0.15) is 11.4 Å². The van der Waals surface area contributed by atoms with Crippen molar-refractivity contribution in [2.24, 2.45) is 0 Å². The van der Waals surface area contributed by atoms with Crippen molar-refractivity contribution < 1.29 is 13.9 Å². The maximum atomic E-state index is 13.9. The van der Waals surface area contributed by atoms with Crippen molar-refractivity contribution in [3.8, 4) is 11.1 Å². The molecule has 0 bridgehead atoms. The molecule has 1 aromatic heterocycles. The van der Waals surface area contributed by atoms with Gasteiger partial charge in [0, 0.05) is 35.9 Å². The van der Waals surface area contributed by atoms with Crippen LogP contribution in [0.4, 0.5) is 20.6 Å². The van der Waals surface area contributed by atoms with Crippen LogP contribution in [0.5, 0.6) is 0 Å². The zero-order valence-electron chi connectivity index (χ0n) is 16.8. The van der Waals surface area contributed by atoms with E-state index in [1.54, 1.807) is 18.5 Å². The Labute approximate surface area is 175 Å². The van der Waals surface area contributed by atoms with Gasteiger partial charge >= 0.3 is 6.09 Å². The first-order valence-electron chi connectivity index (χ1n) is 9.57. The lowest BCUT2D eigenvalue weighted by Crippen LogP contribution is -2.46. The first kappa shape index (κ1) is 21.2. The highest BCUT2D eigenvalue weighted by Gasteiger charge is 2.26. The minimum Gasteiger partial charge on any atom is -0.444 e. The van der Waals surface area contributed by atoms with Crippen molar-refractivity contribution in [3.63, 3.8) is 0 Å². The number of ether oxygens (including phenoxy) is 1. The average Bonchev–Trinajstić information content (AvgIpc) is 2.60. The van der Waals surface area contributed by atoms with E-state index in [1.165, 1.54) is 12.1 Å². The molecule has 0 aliphatic carbocycles. The molecule has 0 radical (unpaired) electrons. The van der Waals surface area contributed by atoms with Crippen LogP contribution in [0.2, 0.25) is 5.02 Å². The van der Waals surface area contributed by atoms with Gasteiger partial charge in [0.05, 0.1) is 17.6 Å². The Morgan fingerprint density at radius 2 is 1.97 bits per heavy atom. The van der Waals surface area contributed by atoms with Gasteiger partial charge in [0.25, 0.3) is 0 Å². The Morgan fingerprint density at radius 1 is 1.28 bits per heavy atom. The van der Waals surface area contributed by atoms with Crippen molar-refractivity contribution in [2.75, 3.05) is 23.7 Å². The summed E-state index contributed by atoms with van der Waals surface area (Å²) in [5.41, 5.74) is 8.37. The standard InChI is InChI=1S/C21H26ClFN4O2/c1-21(2,3)29-20(28)26-16-4-6-27(7-5-16)19-17(11-25-12-18(19)24)13-8-14(22)10-15(23)9-13/h8-12,16H,4-7,24H2,1-3H3,(H,26,28). The van der Waals surface area contributed by atoms with E-state index in [2.05, 4.69) is 15.2 Å². The summed E-state index contributed by atoms with van der Waals surface area (Å²) in [5.74, 6) is -0.416. The maximum Gasteiger partial charge on any atom is 0.407 e. The van der Waals surface area contributed by atoms with Crippen LogP contribution < -0.4 is 16.0 Å². The first-order valence-corrected chi connectivity index (χ1v) is 9.94. The van der Waals surface area contributed by atoms with Crippen LogP contribution in [0.25, 0.3) is 11.1 Å². The molecule has 1 fully saturated rings. The first-order chi connectivity index (χ1) is 13.6. The number of piperidine rings is 1. The van der Waals surface area contributed by atoms with Gasteiger partial charge in [-0.2, -0.15) is 0 Å². The minimum atomic E-state index is -0.530. The molecule has 2 heterocycles. The monoisotopic (exact) mass is 420 g/mol. The van der Waals surface area contributed by atoms with Gasteiger partial charge in [-0.05, 0) is 57.4 Å². The van der Waals surface area contributed by atoms with E-state index in [0.29, 0.717) is 29.4 Å². The fourth-order valence-corrected chi connectivity index (χ4v) is 3.69. The molecule has 29 heavy (non-hydrogen) atoms. The number of rotatable bonds is 3. The van der Waals surface area contributed by atoms with Crippen molar-refractivity contribution >= 4 is 29.1 Å². The summed E-state index contributed by atoms with van der Waals surface area (Å²) >= 11 is 6.03. The van der Waals surface area contributed by atoms with Crippen molar-refractivity contribution in [1.29, 1.82) is 0 Å². The lowest BCUT2D eigenvalue weighted by atomic mass is 10.00. The van der Waals surface area contributed by atoms with Gasteiger partial charge in [-0.25, -0.2) is 9.18 Å². The van der Waals surface area contributed by atoms with Crippen LogP contribution in [-0.4, -0.2) is 35.8 Å². The van der Waals surface area contributed by atoms with Crippen LogP contribution in [0.15, 0.2) is 30.6 Å². The van der Waals surface area contributed by atoms with Gasteiger partial charge in [-0.3, -0.25) is 4.98 Å². The zero-order chi connectivity index (χ0) is 21.2. The van der Waals surface area contributed by atoms with E-state index in [-0.39, 0.29) is 6.04 Å². The Hall–Kier alpha value is -2.54. The predicted molar refractivity (Wildman–Crippen MR) is 114 cm³/mol. The second-order valence-electron chi connectivity index (χ2n) is 8.19. The fraction of sp³-hybridized carbons (Fsp3) is 0.429. The molecule has 1 saturated heterocycles. The molecule has 6 nitrogen and oxygen atoms in total. The number of nitrogens with zero attached hydrogens (tertiary/aromatic N) is 2. The molecule has 2 aromatic rings. The molecule has 0 saturated carbocycles. The Balaban J connectivity index is 1.75. The predicted octanol–water partition coefficient (Wildman–Crippen LogP) is 4.62. The molecule has 1 amide bonds. The topological polar surface area (TPSA) is 80.5 Å². The molecule has 0 unspecified atom stereocenters. The third-order valence-electron chi connectivity index (χ3n) is 4.65. The van der Waals surface area contributed by atoms with Gasteiger partial charge in [0.15, 0.2) is 0 Å². The van der Waals surface area contributed by atoms with Crippen molar-refractivity contribution in [3.05, 3.63) is 41.4 Å². The number of hydrogen-bond acceptors (Lipinski definition) is 5. The molecule has 0 spiro atoms. The number of nitrogen functional groups attached to an aromatic ring is 1. The van der Waals surface area contributed by atoms with Gasteiger partial charge in [-0.1, -0.05) is 11.6 Å². The number of alkyl carbamates (subject to hydrolysis) is 1. The summed E-state index contributed by atoms with van der Waals surface area (Å²) in [7, 11) is 0. The molecule has 1 aliphatic heterocycles. The molecule has 8 heteroatoms. The van der Waals surface area contributed by atoms with Gasteiger partial charge < -0.3 is 20.7 Å². The molecule has 1 aromatic carbocycles. The third-order valence-corrected chi connectivity index (χ3v) is 4.87. The quantitative estimate of drug-likeness (QED) is 0.757. The average molecular weight is 421 g/mol. The second-order valence-corrected chi connectivity index (χ2v) is 8.63. The van der Waals surface area contributed by atoms with E-state index in [9.17, 15) is 9.18 Å². The highest BCUT2D eigenvalue weighted by Crippen LogP contribution is 2.37. The molecule has 0 atom stereocenters. The molecule has 156 valence electrons. The third kappa shape index (κ3) is 5.50. The highest BCUT2D eigenvalue weighted by atomic mass is 35.5. The lowest BCUT2D eigenvalue weighted by molar-refractivity contribution is 0.0497. The van der Waals surface area contributed by atoms with Crippen LogP contribution >= 0.6 is 11.6 Å². The molecule has 3 rings (SSSR count). The molecule has 1 aliphatic rings. The molecule has 3 N–H and O–H groups in total. The lowest BCUT2D eigenvalue weighted by Gasteiger charge is -2.35. The van der Waals surface area contributed by atoms with Crippen LogP contribution in [-0.2, 0) is 4.74 Å². The largest absolute Gasteiger partial charge is 0.444 e. The smallest absolute Gasteiger partial charge is 0.407 e. The number of anilines is 2. The molecular weight excluding hydrogens is 395 g/mol. The molecular formula is C21H26ClFN4O2. The Bertz CT molecular complexity index is 872. The minimum absolute atomic E-state index is 0.0243. The van der Waals surface area contributed by atoms with Crippen LogP contribution in [0.1, 0.15) is 33.6 Å². The summed E-state index contributed by atoms with van der Waals surface area (Å²) in [6, 6.07) is 4.40. The van der Waals surface area contributed by atoms with E-state index >= 15 is 0 Å². The number of nitrogens with two attached hydrogens (primary N) is 1. The summed E-state index contributed by atoms with van der Waals surface area (Å²) in [4.78, 5) is 18.3. The van der Waals surface area contributed by atoms with Crippen molar-refractivity contribution in [2.45, 2.75) is 45.3 Å². The highest BCUT2D eigenvalue weighted by molar-refractivity contribution is 6.30. The second kappa shape index (κ2) is 8.45. The van der Waals surface area contributed by atoms with E-state index < -0.39 is 17.5 Å². The van der Waals surface area contributed by atoms with E-state index in [1.807, 2.05) is 20.8 Å². The Kier molecular flexibility index (Phi) is 6.17. The number of carbonyl (C=O) groups excluding carboxylic acids is 1. The van der Waals surface area contributed by atoms with Crippen molar-refractivity contribution in [1.82, 2.24) is 10.3 Å². The number of hydrogen-bond donors (Lipinski definition) is 2. The number of benzene rings is 1. The Morgan fingerprint density at radius 3 is 2.59 bits per heavy atom. The summed E-state index contributed by atoms with van der Waals surface area (Å²) in [5, 5.41) is 3.24. The maximum absolute atomic E-state index is 13.9. The van der Waals surface area contributed by atoms with Crippen LogP contribution in [0, 0.1) is 5.82 Å². The summed E-state index contributed by atoms with van der Waals surface area (Å²) in [6.07, 6.45) is 4.33. The summed E-state index contributed by atoms with van der Waals surface area (Å²) < 4.78 is 19.2. The zero-order valence-corrected chi connectivity index (χ0v) is 17.6. The fourth-order valence-electron chi connectivity index (χ4n) is 3.47. The van der Waals surface area contributed by atoms with Gasteiger partial charge in [-0.15, -0.1) is 0 Å². The van der Waals surface area contributed by atoms with Crippen LogP contribution in [0.3, 0.4) is 0 Å². The number of aromatic nitrogens is 1. The number of amides is 1. The van der Waals surface area contributed by atoms with E-state index in [4.69, 9.17) is 22.1 Å². The number of nitrogens with one attached hydrogen (secondary N) is 1. The SMILES string of the molecule is CC(C)(C)OC(=O)NC1CCN(c2c(N)cncc2-c2cc(F)cc(Cl)c2)CC1. The number of pyridine rings is 1. The van der Waals surface area contributed by atoms with E-state index in [0.717, 1.165) is 24.1 Å². The summed E-state index contributed by atoms with van der Waals surface area (Å²) in [6.45, 7) is 6.88. The number of carbonyl (C=O) groups is 1. The number of halogens is 2.